The topological polar surface area (TPSA) is 69.6 Å². The van der Waals surface area contributed by atoms with Crippen LogP contribution in [0.4, 0.5) is 4.79 Å². The maximum atomic E-state index is 12.5. The number of nitrogens with one attached hydrogen (secondary N) is 1. The third kappa shape index (κ3) is 2.40. The van der Waals surface area contributed by atoms with Gasteiger partial charge in [-0.3, -0.25) is 4.79 Å². The molecule has 5 heteroatoms. The van der Waals surface area contributed by atoms with Gasteiger partial charge in [0.05, 0.1) is 5.92 Å². The number of carboxylic acids is 1. The third-order valence-electron chi connectivity index (χ3n) is 6.03. The molecule has 2 bridgehead atoms. The molecule has 4 fully saturated rings. The van der Waals surface area contributed by atoms with E-state index in [1.165, 1.54) is 25.7 Å². The van der Waals surface area contributed by atoms with Gasteiger partial charge in [0, 0.05) is 18.6 Å². The van der Waals surface area contributed by atoms with Crippen molar-refractivity contribution in [3.8, 4) is 0 Å². The molecule has 4 rings (SSSR count). The zero-order valence-electron chi connectivity index (χ0n) is 12.3. The van der Waals surface area contributed by atoms with Gasteiger partial charge in [0.25, 0.3) is 0 Å². The number of carbonyl (C=O) groups excluding carboxylic acids is 1. The molecule has 0 aromatic rings. The molecule has 2 aliphatic heterocycles. The number of carboxylic acid groups (broad SMARTS) is 1. The van der Waals surface area contributed by atoms with Crippen molar-refractivity contribution < 1.29 is 14.7 Å². The second-order valence-corrected chi connectivity index (χ2v) is 7.41. The van der Waals surface area contributed by atoms with Crippen LogP contribution in [0.15, 0.2) is 0 Å². The maximum absolute atomic E-state index is 12.5. The molecule has 0 radical (unpaired) electrons. The summed E-state index contributed by atoms with van der Waals surface area (Å²) in [6.45, 7) is 0.793. The normalized spacial score (nSPS) is 34.5. The summed E-state index contributed by atoms with van der Waals surface area (Å²) in [5, 5.41) is 12.4. The number of rotatable bonds is 5. The summed E-state index contributed by atoms with van der Waals surface area (Å²) in [5.41, 5.74) is 0. The Hall–Kier alpha value is -1.26. The fourth-order valence-electron chi connectivity index (χ4n) is 4.63. The van der Waals surface area contributed by atoms with Gasteiger partial charge >= 0.3 is 12.0 Å². The van der Waals surface area contributed by atoms with Gasteiger partial charge in [0.15, 0.2) is 0 Å². The van der Waals surface area contributed by atoms with E-state index in [2.05, 4.69) is 5.32 Å². The van der Waals surface area contributed by atoms with Gasteiger partial charge in [-0.15, -0.1) is 0 Å². The minimum atomic E-state index is -0.742. The summed E-state index contributed by atoms with van der Waals surface area (Å²) in [4.78, 5) is 25.6. The van der Waals surface area contributed by atoms with Crippen LogP contribution in [0.5, 0.6) is 0 Å². The SMILES string of the molecule is O=C(O)C1CC2CCC1N2C(=O)NCC(C1CC1)C1CC1. The number of amides is 2. The van der Waals surface area contributed by atoms with Crippen LogP contribution in [-0.4, -0.2) is 40.6 Å². The predicted octanol–water partition coefficient (Wildman–Crippen LogP) is 2.07. The molecule has 0 aromatic carbocycles. The third-order valence-corrected chi connectivity index (χ3v) is 6.03. The van der Waals surface area contributed by atoms with Gasteiger partial charge in [-0.25, -0.2) is 4.79 Å². The van der Waals surface area contributed by atoms with Crippen molar-refractivity contribution in [3.63, 3.8) is 0 Å². The summed E-state index contributed by atoms with van der Waals surface area (Å²) < 4.78 is 0. The Labute approximate surface area is 125 Å². The molecule has 3 atom stereocenters. The molecule has 0 aromatic heterocycles. The van der Waals surface area contributed by atoms with Crippen LogP contribution in [0.1, 0.15) is 44.9 Å². The van der Waals surface area contributed by atoms with Crippen molar-refractivity contribution >= 4 is 12.0 Å². The highest BCUT2D eigenvalue weighted by Gasteiger charge is 2.51. The minimum Gasteiger partial charge on any atom is -0.481 e. The highest BCUT2D eigenvalue weighted by atomic mass is 16.4. The number of aliphatic carboxylic acids is 1. The van der Waals surface area contributed by atoms with Crippen molar-refractivity contribution in [2.24, 2.45) is 23.7 Å². The molecule has 3 unspecified atom stereocenters. The van der Waals surface area contributed by atoms with Crippen LogP contribution in [0.25, 0.3) is 0 Å². The second kappa shape index (κ2) is 4.89. The van der Waals surface area contributed by atoms with E-state index in [-0.39, 0.29) is 24.0 Å². The molecule has 21 heavy (non-hydrogen) atoms. The zero-order chi connectivity index (χ0) is 14.6. The molecule has 0 spiro atoms. The maximum Gasteiger partial charge on any atom is 0.317 e. The van der Waals surface area contributed by atoms with Crippen LogP contribution < -0.4 is 5.32 Å². The number of hydrogen-bond acceptors (Lipinski definition) is 2. The van der Waals surface area contributed by atoms with Crippen LogP contribution >= 0.6 is 0 Å². The van der Waals surface area contributed by atoms with Crippen molar-refractivity contribution in [2.75, 3.05) is 6.54 Å². The lowest BCUT2D eigenvalue weighted by Crippen LogP contribution is -2.46. The van der Waals surface area contributed by atoms with E-state index in [1.807, 2.05) is 4.90 Å². The van der Waals surface area contributed by atoms with E-state index in [1.54, 1.807) is 0 Å². The average molecular weight is 292 g/mol. The number of hydrogen-bond donors (Lipinski definition) is 2. The predicted molar refractivity (Wildman–Crippen MR) is 76.7 cm³/mol. The first-order chi connectivity index (χ1) is 10.1. The Morgan fingerprint density at radius 3 is 2.29 bits per heavy atom. The van der Waals surface area contributed by atoms with Crippen molar-refractivity contribution in [1.29, 1.82) is 0 Å². The Morgan fingerprint density at radius 2 is 1.76 bits per heavy atom. The molecule has 2 amide bonds. The van der Waals surface area contributed by atoms with Gasteiger partial charge in [0.2, 0.25) is 0 Å². The lowest BCUT2D eigenvalue weighted by atomic mass is 9.89. The molecule has 2 saturated carbocycles. The molecule has 5 nitrogen and oxygen atoms in total. The van der Waals surface area contributed by atoms with Crippen molar-refractivity contribution in [1.82, 2.24) is 10.2 Å². The van der Waals surface area contributed by atoms with E-state index < -0.39 is 5.97 Å². The number of carbonyl (C=O) groups is 2. The van der Waals surface area contributed by atoms with Crippen LogP contribution in [-0.2, 0) is 4.79 Å². The van der Waals surface area contributed by atoms with Crippen LogP contribution in [0.3, 0.4) is 0 Å². The molecule has 2 N–H and O–H groups in total. The molecule has 116 valence electrons. The van der Waals surface area contributed by atoms with E-state index in [0.717, 1.165) is 31.2 Å². The minimum absolute atomic E-state index is 0.0162. The highest BCUT2D eigenvalue weighted by molar-refractivity contribution is 5.79. The first-order valence-electron chi connectivity index (χ1n) is 8.44. The lowest BCUT2D eigenvalue weighted by molar-refractivity contribution is -0.142. The van der Waals surface area contributed by atoms with Gasteiger partial charge < -0.3 is 15.3 Å². The van der Waals surface area contributed by atoms with E-state index in [9.17, 15) is 14.7 Å². The van der Waals surface area contributed by atoms with E-state index >= 15 is 0 Å². The smallest absolute Gasteiger partial charge is 0.317 e. The summed E-state index contributed by atoms with van der Waals surface area (Å²) >= 11 is 0. The van der Waals surface area contributed by atoms with Crippen LogP contribution in [0.2, 0.25) is 0 Å². The standard InChI is InChI=1S/C16H24N2O3/c19-15(20)12-7-11-5-6-14(12)18(11)16(21)17-8-13(9-1-2-9)10-3-4-10/h9-14H,1-8H2,(H,17,21)(H,19,20). The second-order valence-electron chi connectivity index (χ2n) is 7.41. The van der Waals surface area contributed by atoms with Gasteiger partial charge in [-0.1, -0.05) is 0 Å². The Balaban J connectivity index is 1.36. The molecular weight excluding hydrogens is 268 g/mol. The number of fused-ring (bicyclic) bond motifs is 2. The Bertz CT molecular complexity index is 446. The molecule has 2 saturated heterocycles. The summed E-state index contributed by atoms with van der Waals surface area (Å²) in [7, 11) is 0. The van der Waals surface area contributed by atoms with Crippen LogP contribution in [0, 0.1) is 23.7 Å². The molecule has 2 aliphatic carbocycles. The van der Waals surface area contributed by atoms with Crippen molar-refractivity contribution in [3.05, 3.63) is 0 Å². The number of urea groups is 1. The summed E-state index contributed by atoms with van der Waals surface area (Å²) in [5.74, 6) is 1.25. The van der Waals surface area contributed by atoms with E-state index in [4.69, 9.17) is 0 Å². The quantitative estimate of drug-likeness (QED) is 0.815. The zero-order valence-corrected chi connectivity index (χ0v) is 12.3. The fourth-order valence-corrected chi connectivity index (χ4v) is 4.63. The highest BCUT2D eigenvalue weighted by Crippen LogP contribution is 2.49. The van der Waals surface area contributed by atoms with Crippen molar-refractivity contribution in [2.45, 2.75) is 57.0 Å². The monoisotopic (exact) mass is 292 g/mol. The van der Waals surface area contributed by atoms with Gasteiger partial charge in [-0.2, -0.15) is 0 Å². The Morgan fingerprint density at radius 1 is 1.10 bits per heavy atom. The van der Waals surface area contributed by atoms with Gasteiger partial charge in [0.1, 0.15) is 0 Å². The largest absolute Gasteiger partial charge is 0.481 e. The Kier molecular flexibility index (Phi) is 3.12. The average Bonchev–Trinajstić information content (AvgIpc) is 3.39. The molecular formula is C16H24N2O3. The molecule has 2 heterocycles. The first-order valence-corrected chi connectivity index (χ1v) is 8.44. The lowest BCUT2D eigenvalue weighted by Gasteiger charge is -2.25. The summed E-state index contributed by atoms with van der Waals surface area (Å²) in [6, 6.07) is 0.0572. The fraction of sp³-hybridized carbons (Fsp3) is 0.875. The molecule has 4 aliphatic rings. The first kappa shape index (κ1) is 13.4. The number of nitrogens with zero attached hydrogens (tertiary/aromatic N) is 1. The van der Waals surface area contributed by atoms with Gasteiger partial charge in [-0.05, 0) is 62.7 Å². The summed E-state index contributed by atoms with van der Waals surface area (Å²) in [6.07, 6.45) is 7.77. The van der Waals surface area contributed by atoms with E-state index in [0.29, 0.717) is 12.3 Å².